The van der Waals surface area contributed by atoms with E-state index >= 15 is 0 Å². The number of rotatable bonds is 1. The lowest BCUT2D eigenvalue weighted by molar-refractivity contribution is 0.210. The molecular formula is C7H6FNO3. The zero-order valence-electron chi connectivity index (χ0n) is 5.95. The van der Waals surface area contributed by atoms with Gasteiger partial charge < -0.3 is 15.6 Å². The highest BCUT2D eigenvalue weighted by atomic mass is 19.1. The van der Waals surface area contributed by atoms with Gasteiger partial charge in [-0.1, -0.05) is 0 Å². The molecule has 1 aromatic rings. The number of carbonyl (C=O) groups is 1. The molecule has 0 aromatic heterocycles. The summed E-state index contributed by atoms with van der Waals surface area (Å²) in [6, 6.07) is 3.10. The van der Waals surface area contributed by atoms with E-state index in [-0.39, 0.29) is 5.75 Å². The van der Waals surface area contributed by atoms with Gasteiger partial charge in [0, 0.05) is 6.07 Å². The summed E-state index contributed by atoms with van der Waals surface area (Å²) in [4.78, 5) is 10.2. The average molecular weight is 171 g/mol. The summed E-state index contributed by atoms with van der Waals surface area (Å²) in [5, 5.41) is 8.81. The van der Waals surface area contributed by atoms with Crippen molar-refractivity contribution in [2.45, 2.75) is 0 Å². The Labute approximate surface area is 67.4 Å². The molecule has 0 spiro atoms. The Bertz CT molecular complexity index is 314. The number of primary amides is 1. The monoisotopic (exact) mass is 171 g/mol. The van der Waals surface area contributed by atoms with Gasteiger partial charge in [-0.2, -0.15) is 0 Å². The summed E-state index contributed by atoms with van der Waals surface area (Å²) in [5.74, 6) is -1.37. The van der Waals surface area contributed by atoms with Crippen molar-refractivity contribution in [1.29, 1.82) is 0 Å². The molecule has 0 aliphatic carbocycles. The molecule has 0 saturated carbocycles. The minimum absolute atomic E-state index is 0.00130. The fraction of sp³-hybridized carbons (Fsp3) is 0. The standard InChI is InChI=1S/C7H6FNO3/c8-5-2-1-4(3-6(5)10)12-7(9)11/h1-3,10H,(H2,9,11). The van der Waals surface area contributed by atoms with Gasteiger partial charge in [0.05, 0.1) is 0 Å². The highest BCUT2D eigenvalue weighted by molar-refractivity contribution is 5.68. The molecule has 12 heavy (non-hydrogen) atoms. The molecule has 1 aromatic carbocycles. The molecule has 4 nitrogen and oxygen atoms in total. The van der Waals surface area contributed by atoms with Crippen LogP contribution in [0.25, 0.3) is 0 Å². The molecule has 5 heteroatoms. The zero-order chi connectivity index (χ0) is 9.14. The van der Waals surface area contributed by atoms with Gasteiger partial charge in [-0.05, 0) is 12.1 Å². The maximum Gasteiger partial charge on any atom is 0.409 e. The highest BCUT2D eigenvalue weighted by Crippen LogP contribution is 2.21. The van der Waals surface area contributed by atoms with Crippen molar-refractivity contribution in [2.75, 3.05) is 0 Å². The van der Waals surface area contributed by atoms with Crippen LogP contribution in [0.4, 0.5) is 9.18 Å². The number of hydrogen-bond donors (Lipinski definition) is 2. The Morgan fingerprint density at radius 2 is 2.25 bits per heavy atom. The van der Waals surface area contributed by atoms with E-state index in [0.717, 1.165) is 12.1 Å². The zero-order valence-corrected chi connectivity index (χ0v) is 5.95. The van der Waals surface area contributed by atoms with Crippen molar-refractivity contribution >= 4 is 6.09 Å². The van der Waals surface area contributed by atoms with E-state index in [0.29, 0.717) is 0 Å². The van der Waals surface area contributed by atoms with Gasteiger partial charge in [-0.15, -0.1) is 0 Å². The Morgan fingerprint density at radius 1 is 1.58 bits per heavy atom. The predicted molar refractivity (Wildman–Crippen MR) is 38.3 cm³/mol. The van der Waals surface area contributed by atoms with Gasteiger partial charge in [-0.3, -0.25) is 0 Å². The molecule has 0 unspecified atom stereocenters. The van der Waals surface area contributed by atoms with E-state index in [4.69, 9.17) is 5.11 Å². The van der Waals surface area contributed by atoms with Crippen LogP contribution in [-0.4, -0.2) is 11.2 Å². The first-order valence-electron chi connectivity index (χ1n) is 3.05. The highest BCUT2D eigenvalue weighted by Gasteiger charge is 2.03. The van der Waals surface area contributed by atoms with Crippen LogP contribution in [0.3, 0.4) is 0 Å². The van der Waals surface area contributed by atoms with Crippen molar-refractivity contribution in [2.24, 2.45) is 5.73 Å². The summed E-state index contributed by atoms with van der Waals surface area (Å²) in [6.07, 6.45) is -1.01. The molecule has 0 atom stereocenters. The number of halogens is 1. The van der Waals surface area contributed by atoms with Gasteiger partial charge in [0.25, 0.3) is 0 Å². The Hall–Kier alpha value is -1.78. The van der Waals surface area contributed by atoms with Crippen molar-refractivity contribution in [3.63, 3.8) is 0 Å². The molecule has 0 radical (unpaired) electrons. The van der Waals surface area contributed by atoms with Crippen LogP contribution in [0.1, 0.15) is 0 Å². The van der Waals surface area contributed by atoms with Gasteiger partial charge in [0.15, 0.2) is 11.6 Å². The summed E-state index contributed by atoms with van der Waals surface area (Å²) in [5.41, 5.74) is 4.68. The van der Waals surface area contributed by atoms with Gasteiger partial charge >= 0.3 is 6.09 Å². The van der Waals surface area contributed by atoms with Crippen LogP contribution in [0.2, 0.25) is 0 Å². The molecular weight excluding hydrogens is 165 g/mol. The predicted octanol–water partition coefficient (Wildman–Crippen LogP) is 0.989. The first-order chi connectivity index (χ1) is 5.59. The molecule has 0 fully saturated rings. The number of amides is 1. The lowest BCUT2D eigenvalue weighted by atomic mass is 10.3. The van der Waals surface area contributed by atoms with Crippen molar-refractivity contribution in [3.8, 4) is 11.5 Å². The average Bonchev–Trinajstić information content (AvgIpc) is 1.96. The maximum atomic E-state index is 12.4. The molecule has 0 aliphatic heterocycles. The minimum atomic E-state index is -1.01. The second-order valence-electron chi connectivity index (χ2n) is 2.03. The summed E-state index contributed by atoms with van der Waals surface area (Å²) in [6.45, 7) is 0. The van der Waals surface area contributed by atoms with Gasteiger partial charge in [0.1, 0.15) is 5.75 Å². The van der Waals surface area contributed by atoms with E-state index in [9.17, 15) is 9.18 Å². The number of phenols is 1. The third kappa shape index (κ3) is 1.85. The van der Waals surface area contributed by atoms with E-state index in [1.54, 1.807) is 0 Å². The lowest BCUT2D eigenvalue weighted by Crippen LogP contribution is -2.16. The van der Waals surface area contributed by atoms with Crippen LogP contribution < -0.4 is 10.5 Å². The van der Waals surface area contributed by atoms with E-state index in [2.05, 4.69) is 10.5 Å². The Morgan fingerprint density at radius 3 is 2.75 bits per heavy atom. The van der Waals surface area contributed by atoms with Crippen LogP contribution in [0.5, 0.6) is 11.5 Å². The second-order valence-corrected chi connectivity index (χ2v) is 2.03. The normalized spacial score (nSPS) is 9.42. The molecule has 0 aliphatic rings. The fourth-order valence-corrected chi connectivity index (χ4v) is 0.672. The van der Waals surface area contributed by atoms with Crippen LogP contribution in [0, 0.1) is 5.82 Å². The van der Waals surface area contributed by atoms with Crippen LogP contribution in [-0.2, 0) is 0 Å². The lowest BCUT2D eigenvalue weighted by Gasteiger charge is -2.00. The summed E-state index contributed by atoms with van der Waals surface area (Å²) < 4.78 is 16.8. The number of benzene rings is 1. The summed E-state index contributed by atoms with van der Waals surface area (Å²) >= 11 is 0. The number of ether oxygens (including phenoxy) is 1. The maximum absolute atomic E-state index is 12.4. The number of carbonyl (C=O) groups excluding carboxylic acids is 1. The topological polar surface area (TPSA) is 72.6 Å². The molecule has 0 saturated heterocycles. The number of nitrogens with two attached hydrogens (primary N) is 1. The first-order valence-corrected chi connectivity index (χ1v) is 3.05. The van der Waals surface area contributed by atoms with Gasteiger partial charge in [0.2, 0.25) is 0 Å². The first kappa shape index (κ1) is 8.32. The minimum Gasteiger partial charge on any atom is -0.505 e. The summed E-state index contributed by atoms with van der Waals surface area (Å²) in [7, 11) is 0. The SMILES string of the molecule is NC(=O)Oc1ccc(F)c(O)c1. The quantitative estimate of drug-likeness (QED) is 0.661. The van der Waals surface area contributed by atoms with Crippen LogP contribution >= 0.6 is 0 Å². The smallest absolute Gasteiger partial charge is 0.409 e. The Balaban J connectivity index is 2.89. The van der Waals surface area contributed by atoms with Crippen LogP contribution in [0.15, 0.2) is 18.2 Å². The van der Waals surface area contributed by atoms with Crippen molar-refractivity contribution in [1.82, 2.24) is 0 Å². The molecule has 1 rings (SSSR count). The molecule has 3 N–H and O–H groups in total. The third-order valence-electron chi connectivity index (χ3n) is 1.14. The largest absolute Gasteiger partial charge is 0.505 e. The Kier molecular flexibility index (Phi) is 2.14. The third-order valence-corrected chi connectivity index (χ3v) is 1.14. The number of aromatic hydroxyl groups is 1. The van der Waals surface area contributed by atoms with Crippen molar-refractivity contribution < 1.29 is 19.0 Å². The molecule has 64 valence electrons. The van der Waals surface area contributed by atoms with E-state index < -0.39 is 17.7 Å². The van der Waals surface area contributed by atoms with E-state index in [1.165, 1.54) is 6.07 Å². The second kappa shape index (κ2) is 3.08. The molecule has 1 amide bonds. The number of phenolic OH excluding ortho intramolecular Hbond substituents is 1. The number of hydrogen-bond acceptors (Lipinski definition) is 3. The molecule has 0 bridgehead atoms. The fourth-order valence-electron chi connectivity index (χ4n) is 0.672. The van der Waals surface area contributed by atoms with Gasteiger partial charge in [-0.25, -0.2) is 9.18 Å². The van der Waals surface area contributed by atoms with E-state index in [1.807, 2.05) is 0 Å². The van der Waals surface area contributed by atoms with Crippen molar-refractivity contribution in [3.05, 3.63) is 24.0 Å². The molecule has 0 heterocycles.